The summed E-state index contributed by atoms with van der Waals surface area (Å²) >= 11 is 0. The fourth-order valence-corrected chi connectivity index (χ4v) is 4.48. The third kappa shape index (κ3) is 3.74. The molecule has 2 aromatic carbocycles. The number of nitrogens with one attached hydrogen (secondary N) is 1. The summed E-state index contributed by atoms with van der Waals surface area (Å²) in [5.74, 6) is -5.78. The molecule has 2 unspecified atom stereocenters. The van der Waals surface area contributed by atoms with E-state index in [9.17, 15) is 23.5 Å². The van der Waals surface area contributed by atoms with Crippen molar-refractivity contribution in [2.45, 2.75) is 32.9 Å². The molecule has 6 nitrogen and oxygen atoms in total. The molecule has 2 atom stereocenters. The fraction of sp³-hybridized carbons (Fsp3) is 0.304. The number of fused-ring (bicyclic) bond motifs is 1. The van der Waals surface area contributed by atoms with Gasteiger partial charge in [0.1, 0.15) is 22.9 Å². The fourth-order valence-electron chi connectivity index (χ4n) is 4.48. The van der Waals surface area contributed by atoms with Crippen molar-refractivity contribution >= 4 is 22.6 Å². The molecule has 0 bridgehead atoms. The van der Waals surface area contributed by atoms with Crippen molar-refractivity contribution < 1.29 is 27.5 Å². The number of aryl methyl sites for hydroxylation is 1. The topological polar surface area (TPSA) is 74.6 Å². The molecule has 0 radical (unpaired) electrons. The highest BCUT2D eigenvalue weighted by Gasteiger charge is 2.31. The summed E-state index contributed by atoms with van der Waals surface area (Å²) in [5.41, 5.74) is -3.42. The number of carboxylic acid groups (broad SMARTS) is 1. The average molecular weight is 463 g/mol. The molecule has 2 N–H and O–H groups in total. The normalized spacial score (nSPS) is 18.7. The lowest BCUT2D eigenvalue weighted by atomic mass is 10.0. The minimum absolute atomic E-state index is 0.0883. The van der Waals surface area contributed by atoms with E-state index in [2.05, 4.69) is 5.32 Å². The molecule has 1 aliphatic heterocycles. The second-order valence-electron chi connectivity index (χ2n) is 8.34. The Labute approximate surface area is 186 Å². The van der Waals surface area contributed by atoms with Crippen molar-refractivity contribution in [2.75, 3.05) is 18.0 Å². The van der Waals surface area contributed by atoms with Crippen molar-refractivity contribution in [3.05, 3.63) is 69.0 Å². The Morgan fingerprint density at radius 3 is 2.30 bits per heavy atom. The Bertz CT molecular complexity index is 1350. The number of piperazine rings is 1. The van der Waals surface area contributed by atoms with Crippen LogP contribution in [-0.2, 0) is 0 Å². The molecule has 1 aromatic heterocycles. The molecule has 1 saturated heterocycles. The van der Waals surface area contributed by atoms with E-state index in [1.807, 2.05) is 13.8 Å². The first kappa shape index (κ1) is 22.8. The summed E-state index contributed by atoms with van der Waals surface area (Å²) in [4.78, 5) is 26.1. The smallest absolute Gasteiger partial charge is 0.341 e. The minimum atomic E-state index is -1.65. The molecule has 4 rings (SSSR count). The van der Waals surface area contributed by atoms with Crippen molar-refractivity contribution in [3.8, 4) is 5.69 Å². The van der Waals surface area contributed by atoms with Crippen LogP contribution in [0.1, 0.15) is 29.8 Å². The first-order valence-corrected chi connectivity index (χ1v) is 10.3. The highest BCUT2D eigenvalue weighted by Crippen LogP contribution is 2.35. The van der Waals surface area contributed by atoms with Crippen LogP contribution in [0.5, 0.6) is 0 Å². The number of carboxylic acids is 1. The first-order valence-electron chi connectivity index (χ1n) is 10.3. The van der Waals surface area contributed by atoms with E-state index in [0.29, 0.717) is 6.07 Å². The number of anilines is 1. The maximum absolute atomic E-state index is 16.0. The van der Waals surface area contributed by atoms with E-state index < -0.39 is 51.1 Å². The van der Waals surface area contributed by atoms with Crippen molar-refractivity contribution in [3.63, 3.8) is 0 Å². The molecule has 10 heteroatoms. The number of hydrogen-bond acceptors (Lipinski definition) is 4. The van der Waals surface area contributed by atoms with Crippen LogP contribution < -0.4 is 15.6 Å². The second kappa shape index (κ2) is 8.18. The molecule has 1 aliphatic rings. The molecule has 0 spiro atoms. The summed E-state index contributed by atoms with van der Waals surface area (Å²) in [6, 6.07) is 2.28. The predicted octanol–water partition coefficient (Wildman–Crippen LogP) is 3.74. The van der Waals surface area contributed by atoms with Crippen LogP contribution in [0.3, 0.4) is 0 Å². The lowest BCUT2D eigenvalue weighted by Crippen LogP contribution is -2.54. The third-order valence-electron chi connectivity index (χ3n) is 5.81. The van der Waals surface area contributed by atoms with E-state index in [1.54, 1.807) is 0 Å². The second-order valence-corrected chi connectivity index (χ2v) is 8.34. The number of benzene rings is 2. The van der Waals surface area contributed by atoms with Gasteiger partial charge in [0.25, 0.3) is 0 Å². The van der Waals surface area contributed by atoms with Gasteiger partial charge in [-0.2, -0.15) is 0 Å². The predicted molar refractivity (Wildman–Crippen MR) is 115 cm³/mol. The summed E-state index contributed by atoms with van der Waals surface area (Å²) < 4.78 is 60.5. The maximum atomic E-state index is 16.0. The summed E-state index contributed by atoms with van der Waals surface area (Å²) in [7, 11) is 0. The van der Waals surface area contributed by atoms with Crippen LogP contribution in [0.4, 0.5) is 23.2 Å². The molecule has 2 heterocycles. The molecular formula is C23H21F4N3O3. The average Bonchev–Trinajstić information content (AvgIpc) is 2.71. The van der Waals surface area contributed by atoms with Crippen LogP contribution in [-0.4, -0.2) is 40.8 Å². The first-order chi connectivity index (χ1) is 15.5. The van der Waals surface area contributed by atoms with Gasteiger partial charge in [-0.1, -0.05) is 0 Å². The van der Waals surface area contributed by atoms with Gasteiger partial charge in [-0.05, 0) is 32.9 Å². The zero-order valence-electron chi connectivity index (χ0n) is 18.0. The van der Waals surface area contributed by atoms with Crippen LogP contribution in [0.25, 0.3) is 16.6 Å². The van der Waals surface area contributed by atoms with E-state index in [1.165, 1.54) is 11.8 Å². The standard InChI is InChI=1S/C23H21F4N3O3/c1-10-7-29(8-11(2)28-10)21-18(26)12(3)17-20(19(21)27)30(9-14(22(17)31)23(32)33)16-5-4-13(24)6-15(16)25/h4-6,9-11,28H,7-8H2,1-3H3,(H,32,33). The molecule has 0 amide bonds. The lowest BCUT2D eigenvalue weighted by molar-refractivity contribution is 0.0695. The van der Waals surface area contributed by atoms with Gasteiger partial charge in [-0.15, -0.1) is 0 Å². The Morgan fingerprint density at radius 1 is 1.09 bits per heavy atom. The zero-order chi connectivity index (χ0) is 24.2. The molecule has 0 saturated carbocycles. The highest BCUT2D eigenvalue weighted by atomic mass is 19.1. The van der Waals surface area contributed by atoms with Crippen LogP contribution >= 0.6 is 0 Å². The number of halogens is 4. The van der Waals surface area contributed by atoms with Gasteiger partial charge in [-0.3, -0.25) is 4.79 Å². The van der Waals surface area contributed by atoms with Crippen molar-refractivity contribution in [1.29, 1.82) is 0 Å². The SMILES string of the molecule is Cc1c(F)c(N2CC(C)NC(C)C2)c(F)c2c1c(=O)c(C(=O)O)cn2-c1ccc(F)cc1F. The summed E-state index contributed by atoms with van der Waals surface area (Å²) in [5, 5.41) is 12.2. The number of aromatic nitrogens is 1. The molecule has 3 aromatic rings. The maximum Gasteiger partial charge on any atom is 0.341 e. The Morgan fingerprint density at radius 2 is 1.73 bits per heavy atom. The largest absolute Gasteiger partial charge is 0.477 e. The van der Waals surface area contributed by atoms with Crippen molar-refractivity contribution in [1.82, 2.24) is 9.88 Å². The van der Waals surface area contributed by atoms with E-state index >= 15 is 8.78 Å². The summed E-state index contributed by atoms with van der Waals surface area (Å²) in [6.07, 6.45) is 0.774. The Kier molecular flexibility index (Phi) is 5.65. The van der Waals surface area contributed by atoms with Gasteiger partial charge in [0.05, 0.1) is 16.6 Å². The monoisotopic (exact) mass is 463 g/mol. The molecule has 33 heavy (non-hydrogen) atoms. The molecule has 0 aliphatic carbocycles. The van der Waals surface area contributed by atoms with Gasteiger partial charge in [0.2, 0.25) is 5.43 Å². The van der Waals surface area contributed by atoms with Gasteiger partial charge >= 0.3 is 5.97 Å². The van der Waals surface area contributed by atoms with E-state index in [4.69, 9.17) is 0 Å². The number of aromatic carboxylic acids is 1. The van der Waals surface area contributed by atoms with Gasteiger partial charge < -0.3 is 19.9 Å². The number of hydrogen-bond donors (Lipinski definition) is 2. The lowest BCUT2D eigenvalue weighted by Gasteiger charge is -2.38. The highest BCUT2D eigenvalue weighted by molar-refractivity contribution is 5.96. The number of nitrogens with zero attached hydrogens (tertiary/aromatic N) is 2. The van der Waals surface area contributed by atoms with Crippen LogP contribution in [0.15, 0.2) is 29.2 Å². The molecule has 174 valence electrons. The quantitative estimate of drug-likeness (QED) is 0.579. The van der Waals surface area contributed by atoms with Gasteiger partial charge in [0, 0.05) is 43.0 Å². The number of carbonyl (C=O) groups is 1. The Hall–Kier alpha value is -3.40. The van der Waals surface area contributed by atoms with Gasteiger partial charge in [0.15, 0.2) is 11.6 Å². The number of rotatable bonds is 3. The summed E-state index contributed by atoms with van der Waals surface area (Å²) in [6.45, 7) is 5.50. The van der Waals surface area contributed by atoms with Gasteiger partial charge in [-0.25, -0.2) is 22.4 Å². The van der Waals surface area contributed by atoms with E-state index in [0.717, 1.165) is 22.9 Å². The molecule has 1 fully saturated rings. The zero-order valence-corrected chi connectivity index (χ0v) is 18.0. The van der Waals surface area contributed by atoms with Crippen LogP contribution in [0, 0.1) is 30.2 Å². The Balaban J connectivity index is 2.15. The third-order valence-corrected chi connectivity index (χ3v) is 5.81. The van der Waals surface area contributed by atoms with Crippen LogP contribution in [0.2, 0.25) is 0 Å². The van der Waals surface area contributed by atoms with E-state index in [-0.39, 0.29) is 42.1 Å². The molecular weight excluding hydrogens is 442 g/mol. The van der Waals surface area contributed by atoms with Crippen molar-refractivity contribution in [2.24, 2.45) is 0 Å². The minimum Gasteiger partial charge on any atom is -0.477 e. The number of pyridine rings is 1.